The van der Waals surface area contributed by atoms with Gasteiger partial charge >= 0.3 is 11.9 Å². The van der Waals surface area contributed by atoms with E-state index in [0.29, 0.717) is 90.3 Å². The zero-order valence-electron chi connectivity index (χ0n) is 57.0. The maximum Gasteiger partial charge on any atom is 0.306 e. The van der Waals surface area contributed by atoms with E-state index in [4.69, 9.17) is 38.1 Å². The number of Topliss-reactive ketones (excluding diaryl/α,β-unsaturated/α-hetero) is 2. The van der Waals surface area contributed by atoms with E-state index in [-0.39, 0.29) is 133 Å². The minimum Gasteiger partial charge on any atom is -0.460 e. The van der Waals surface area contributed by atoms with E-state index >= 15 is 0 Å². The Morgan fingerprint density at radius 2 is 0.909 bits per heavy atom. The minimum absolute atomic E-state index is 0.00584. The second kappa shape index (κ2) is 44.3. The van der Waals surface area contributed by atoms with Crippen LogP contribution in [0.15, 0.2) is 0 Å². The van der Waals surface area contributed by atoms with E-state index in [1.165, 1.54) is 13.8 Å². The molecule has 23 nitrogen and oxygen atoms in total. The van der Waals surface area contributed by atoms with Crippen LogP contribution < -0.4 is 0 Å². The quantitative estimate of drug-likeness (QED) is 0.0262. The van der Waals surface area contributed by atoms with Gasteiger partial charge in [-0.1, -0.05) is 55.4 Å². The molecule has 0 aromatic rings. The van der Waals surface area contributed by atoms with Crippen LogP contribution in [0.3, 0.4) is 0 Å². The number of carbonyl (C=O) groups is 8. The zero-order valence-corrected chi connectivity index (χ0v) is 58.7. The van der Waals surface area contributed by atoms with E-state index in [1.807, 2.05) is 84.4 Å². The summed E-state index contributed by atoms with van der Waals surface area (Å²) in [6.45, 7) is 31.8. The Morgan fingerprint density at radius 1 is 0.511 bits per heavy atom. The smallest absolute Gasteiger partial charge is 0.306 e. The molecule has 0 spiro atoms. The van der Waals surface area contributed by atoms with Crippen LogP contribution in [0.5, 0.6) is 0 Å². The number of hydrogen-bond acceptors (Lipinski definition) is 19. The standard InChI is InChI=1S/C18H34N3O3P.C17H33N4O3P.2C14H23NO4/c1-7-16-17(10-12-20(16)18(22)8-2)24-25(23-13-9-11-19)21(14(3)4)15(5)6;1-7-14-12-21(16(22)8-2)13-15(14)24-25(23-11-9-10-18)17(19(3)4)20(5)6;1-4-11-8-15(13(17)5-2)9-12(11)19-14(18)7-6-10(3)16;1-4-11-12(8-9-15(11)13(17)5-2)19-14(18)7-6-10(3)16/h14-17H,7-10,12-13H2,1-6H3;14-15,17H,7-9,11-13H2,1-6H3;2*11-12H,4-9H2,1-3H3/t16-,17+,25?;14-,15-,25?;11-,12-;11-,12+/m0110/s1. The Kier molecular flexibility index (Phi) is 41.1. The molecule has 4 aliphatic rings. The number of amides is 4. The third-order valence-corrected chi connectivity index (χ3v) is 20.1. The molecule has 4 saturated heterocycles. The molecule has 4 heterocycles. The Hall–Kier alpha value is -4.28. The number of esters is 2. The lowest BCUT2D eigenvalue weighted by molar-refractivity contribution is -0.152. The molecule has 4 rings (SSSR count). The van der Waals surface area contributed by atoms with Gasteiger partial charge in [-0.15, -0.1) is 0 Å². The number of nitriles is 2. The SMILES string of the molecule is CCC(=O)N1CC[C@@H](OC(=O)CCC(C)=O)[C@@H]1CC.CCC(=O)N1CC[C@@H](OP(OCCC#N)N(C(C)C)C(C)C)[C@@H]1CC.CCC(=O)N1C[C@@H](CC)[C@H](OC(=O)CCC(C)=O)C1.CCC(=O)N1C[C@@H](CC)[C@H](OP(OCCC#N)C(N(C)C)N(C)C)C1. The fraction of sp³-hybridized carbons (Fsp3) is 0.841. The summed E-state index contributed by atoms with van der Waals surface area (Å²) in [6.07, 6.45) is 7.96. The van der Waals surface area contributed by atoms with Crippen molar-refractivity contribution < 1.29 is 65.9 Å². The number of ketones is 2. The molecule has 4 aliphatic heterocycles. The number of carbonyl (C=O) groups excluding carboxylic acids is 8. The van der Waals surface area contributed by atoms with Crippen LogP contribution >= 0.6 is 16.9 Å². The maximum absolute atomic E-state index is 12.2. The average Bonchev–Trinajstić information content (AvgIpc) is 2.12. The van der Waals surface area contributed by atoms with Gasteiger partial charge in [0.2, 0.25) is 32.0 Å². The molecule has 0 bridgehead atoms. The van der Waals surface area contributed by atoms with Crippen LogP contribution in [0.4, 0.5) is 0 Å². The van der Waals surface area contributed by atoms with Crippen LogP contribution in [-0.2, 0) is 65.9 Å². The van der Waals surface area contributed by atoms with Gasteiger partial charge in [-0.25, -0.2) is 4.67 Å². The van der Waals surface area contributed by atoms with E-state index in [1.54, 1.807) is 4.90 Å². The van der Waals surface area contributed by atoms with Crippen molar-refractivity contribution in [2.75, 3.05) is 80.7 Å². The fourth-order valence-corrected chi connectivity index (χ4v) is 14.8. The molecule has 4 fully saturated rings. The van der Waals surface area contributed by atoms with E-state index in [2.05, 4.69) is 68.2 Å². The van der Waals surface area contributed by atoms with Crippen molar-refractivity contribution >= 4 is 64.0 Å². The largest absolute Gasteiger partial charge is 0.460 e. The van der Waals surface area contributed by atoms with Crippen LogP contribution in [0.25, 0.3) is 0 Å². The normalized spacial score (nSPS) is 22.2. The Morgan fingerprint density at radius 3 is 1.30 bits per heavy atom. The lowest BCUT2D eigenvalue weighted by Crippen LogP contribution is -2.41. The first kappa shape index (κ1) is 81.7. The molecule has 25 heteroatoms. The number of rotatable bonds is 32. The van der Waals surface area contributed by atoms with Crippen molar-refractivity contribution in [3.8, 4) is 12.1 Å². The van der Waals surface area contributed by atoms with E-state index in [0.717, 1.165) is 45.2 Å². The summed E-state index contributed by atoms with van der Waals surface area (Å²) < 4.78 is 37.9. The minimum atomic E-state index is -1.26. The van der Waals surface area contributed by atoms with Gasteiger partial charge in [-0.05, 0) is 102 Å². The highest BCUT2D eigenvalue weighted by Gasteiger charge is 2.43. The summed E-state index contributed by atoms with van der Waals surface area (Å²) in [5.74, 6) is 0.373. The highest BCUT2D eigenvalue weighted by Crippen LogP contribution is 2.50. The first-order chi connectivity index (χ1) is 41.7. The highest BCUT2D eigenvalue weighted by molar-refractivity contribution is 7.48. The molecule has 88 heavy (non-hydrogen) atoms. The number of hydrogen-bond donors (Lipinski definition) is 0. The molecule has 0 aromatic heterocycles. The molecular weight excluding hydrogens is 1170 g/mol. The summed E-state index contributed by atoms with van der Waals surface area (Å²) in [5.41, 5.74) is 0. The van der Waals surface area contributed by atoms with Gasteiger partial charge in [0.1, 0.15) is 29.7 Å². The third-order valence-electron chi connectivity index (χ3n) is 15.8. The summed E-state index contributed by atoms with van der Waals surface area (Å²) in [6, 6.07) is 4.89. The average molecular weight is 1280 g/mol. The van der Waals surface area contributed by atoms with Crippen LogP contribution in [-0.4, -0.2) is 216 Å². The van der Waals surface area contributed by atoms with Crippen LogP contribution in [0.1, 0.15) is 200 Å². The van der Waals surface area contributed by atoms with Crippen molar-refractivity contribution in [3.05, 3.63) is 0 Å². The molecular formula is C63H113N9O14P2. The van der Waals surface area contributed by atoms with Crippen molar-refractivity contribution in [2.45, 2.75) is 254 Å². The van der Waals surface area contributed by atoms with Gasteiger partial charge in [-0.3, -0.25) is 38.6 Å². The van der Waals surface area contributed by atoms with Crippen molar-refractivity contribution in [1.82, 2.24) is 34.1 Å². The molecule has 0 saturated carbocycles. The Balaban J connectivity index is 0.000000592. The van der Waals surface area contributed by atoms with Crippen LogP contribution in [0.2, 0.25) is 0 Å². The van der Waals surface area contributed by atoms with Gasteiger partial charge in [0.05, 0.1) is 81.9 Å². The molecule has 0 radical (unpaired) electrons. The maximum atomic E-state index is 12.2. The molecule has 4 amide bonds. The van der Waals surface area contributed by atoms with E-state index in [9.17, 15) is 38.4 Å². The Bertz CT molecular complexity index is 2130. The lowest BCUT2D eigenvalue weighted by atomic mass is 10.0. The number of ether oxygens (including phenoxy) is 2. The molecule has 0 N–H and O–H groups in total. The van der Waals surface area contributed by atoms with Gasteiger partial charge in [0, 0.05) is 102 Å². The summed E-state index contributed by atoms with van der Waals surface area (Å²) in [4.78, 5) is 104. The fourth-order valence-electron chi connectivity index (χ4n) is 11.2. The van der Waals surface area contributed by atoms with Gasteiger partial charge < -0.3 is 56.8 Å². The lowest BCUT2D eigenvalue weighted by Gasteiger charge is -2.38. The first-order valence-corrected chi connectivity index (χ1v) is 34.6. The monoisotopic (exact) mass is 1280 g/mol. The number of nitrogens with zero attached hydrogens (tertiary/aromatic N) is 9. The van der Waals surface area contributed by atoms with Crippen LogP contribution in [0, 0.1) is 34.5 Å². The zero-order chi connectivity index (χ0) is 66.8. The van der Waals surface area contributed by atoms with Crippen molar-refractivity contribution in [1.29, 1.82) is 10.5 Å². The summed E-state index contributed by atoms with van der Waals surface area (Å²) in [5, 5.41) is 17.6. The molecule has 10 atom stereocenters. The van der Waals surface area contributed by atoms with Gasteiger partial charge in [-0.2, -0.15) is 10.5 Å². The topological polar surface area (TPSA) is 262 Å². The molecule has 0 aliphatic carbocycles. The first-order valence-electron chi connectivity index (χ1n) is 32.2. The van der Waals surface area contributed by atoms with Gasteiger partial charge in [0.15, 0.2) is 0 Å². The van der Waals surface area contributed by atoms with Crippen molar-refractivity contribution in [2.24, 2.45) is 11.8 Å². The summed E-state index contributed by atoms with van der Waals surface area (Å²) >= 11 is 0. The predicted octanol–water partition coefficient (Wildman–Crippen LogP) is 9.60. The number of likely N-dealkylation sites (tertiary alicyclic amines) is 4. The summed E-state index contributed by atoms with van der Waals surface area (Å²) in [7, 11) is 5.49. The Labute approximate surface area is 531 Å². The molecule has 504 valence electrons. The van der Waals surface area contributed by atoms with E-state index < -0.39 is 16.9 Å². The highest BCUT2D eigenvalue weighted by atomic mass is 31.2. The third kappa shape index (κ3) is 28.1. The second-order valence-corrected chi connectivity index (χ2v) is 26.6. The molecule has 2 unspecified atom stereocenters. The van der Waals surface area contributed by atoms with Gasteiger partial charge in [0.25, 0.3) is 8.53 Å². The second-order valence-electron chi connectivity index (χ2n) is 23.6. The van der Waals surface area contributed by atoms with Crippen molar-refractivity contribution in [3.63, 3.8) is 0 Å². The predicted molar refractivity (Wildman–Crippen MR) is 342 cm³/mol. The molecule has 0 aromatic carbocycles.